The minimum atomic E-state index is -3.56. The zero-order chi connectivity index (χ0) is 21.8. The van der Waals surface area contributed by atoms with E-state index in [1.807, 2.05) is 30.3 Å². The second kappa shape index (κ2) is 9.20. The van der Waals surface area contributed by atoms with Gasteiger partial charge in [0.05, 0.1) is 10.8 Å². The number of nitrogens with zero attached hydrogens (tertiary/aromatic N) is 2. The minimum Gasteiger partial charge on any atom is -0.342 e. The first-order valence-corrected chi connectivity index (χ1v) is 12.1. The first-order chi connectivity index (χ1) is 14.9. The first kappa shape index (κ1) is 21.5. The molecule has 0 bridgehead atoms. The minimum absolute atomic E-state index is 0.00622. The molecule has 2 amide bonds. The predicted molar refractivity (Wildman–Crippen MR) is 116 cm³/mol. The van der Waals surface area contributed by atoms with Crippen molar-refractivity contribution in [2.75, 3.05) is 19.6 Å². The number of rotatable bonds is 6. The van der Waals surface area contributed by atoms with E-state index in [1.165, 1.54) is 0 Å². The van der Waals surface area contributed by atoms with Crippen LogP contribution in [0.15, 0.2) is 65.6 Å². The van der Waals surface area contributed by atoms with Crippen LogP contribution < -0.4 is 4.72 Å². The van der Waals surface area contributed by atoms with E-state index in [2.05, 4.69) is 4.72 Å². The molecule has 0 saturated carbocycles. The normalized spacial score (nSPS) is 20.3. The predicted octanol–water partition coefficient (Wildman–Crippen LogP) is 2.00. The van der Waals surface area contributed by atoms with E-state index in [-0.39, 0.29) is 35.1 Å². The number of amides is 2. The van der Waals surface area contributed by atoms with Gasteiger partial charge in [-0.1, -0.05) is 48.5 Å². The molecule has 0 radical (unpaired) electrons. The summed E-state index contributed by atoms with van der Waals surface area (Å²) >= 11 is 0. The molecule has 0 aliphatic carbocycles. The molecule has 164 valence electrons. The molecule has 1 atom stereocenters. The molecule has 7 nitrogen and oxygen atoms in total. The Kier molecular flexibility index (Phi) is 6.38. The lowest BCUT2D eigenvalue weighted by Gasteiger charge is -2.33. The van der Waals surface area contributed by atoms with Gasteiger partial charge >= 0.3 is 0 Å². The Bertz CT molecular complexity index is 1020. The van der Waals surface area contributed by atoms with Crippen molar-refractivity contribution in [1.82, 2.24) is 14.5 Å². The maximum atomic E-state index is 13.0. The summed E-state index contributed by atoms with van der Waals surface area (Å²) in [5.74, 6) is -0.324. The average Bonchev–Trinajstić information content (AvgIpc) is 3.15. The molecule has 2 fully saturated rings. The van der Waals surface area contributed by atoms with Crippen LogP contribution in [0, 0.1) is 5.92 Å². The summed E-state index contributed by atoms with van der Waals surface area (Å²) in [6.45, 7) is 1.94. The van der Waals surface area contributed by atoms with Crippen molar-refractivity contribution in [3.63, 3.8) is 0 Å². The van der Waals surface area contributed by atoms with Crippen molar-refractivity contribution in [3.05, 3.63) is 66.2 Å². The zero-order valence-electron chi connectivity index (χ0n) is 17.3. The third-order valence-corrected chi connectivity index (χ3v) is 7.50. The van der Waals surface area contributed by atoms with Gasteiger partial charge < -0.3 is 9.80 Å². The monoisotopic (exact) mass is 441 g/mol. The fraction of sp³-hybridized carbons (Fsp3) is 0.391. The maximum Gasteiger partial charge on any atom is 0.240 e. The van der Waals surface area contributed by atoms with Gasteiger partial charge in [0.25, 0.3) is 0 Å². The van der Waals surface area contributed by atoms with Gasteiger partial charge in [0, 0.05) is 38.6 Å². The number of hydrogen-bond donors (Lipinski definition) is 1. The van der Waals surface area contributed by atoms with Crippen molar-refractivity contribution in [3.8, 4) is 0 Å². The molecular weight excluding hydrogens is 414 g/mol. The number of hydrogen-bond acceptors (Lipinski definition) is 4. The molecule has 4 rings (SSSR count). The largest absolute Gasteiger partial charge is 0.342 e. The number of benzene rings is 2. The molecule has 1 unspecified atom stereocenters. The van der Waals surface area contributed by atoms with E-state index in [0.717, 1.165) is 5.56 Å². The smallest absolute Gasteiger partial charge is 0.240 e. The van der Waals surface area contributed by atoms with Crippen molar-refractivity contribution < 1.29 is 18.0 Å². The van der Waals surface area contributed by atoms with Crippen molar-refractivity contribution in [2.45, 2.75) is 36.7 Å². The summed E-state index contributed by atoms with van der Waals surface area (Å²) in [4.78, 5) is 29.1. The summed E-state index contributed by atoms with van der Waals surface area (Å²) in [5, 5.41) is 0. The average molecular weight is 442 g/mol. The third kappa shape index (κ3) is 5.14. The fourth-order valence-electron chi connectivity index (χ4n) is 4.26. The lowest BCUT2D eigenvalue weighted by atomic mass is 10.0. The van der Waals surface area contributed by atoms with Gasteiger partial charge in [-0.15, -0.1) is 0 Å². The third-order valence-electron chi connectivity index (χ3n) is 5.96. The second-order valence-electron chi connectivity index (χ2n) is 8.19. The van der Waals surface area contributed by atoms with Gasteiger partial charge in [0.1, 0.15) is 0 Å². The van der Waals surface area contributed by atoms with Crippen LogP contribution in [0.1, 0.15) is 24.8 Å². The van der Waals surface area contributed by atoms with E-state index in [1.54, 1.807) is 40.1 Å². The Balaban J connectivity index is 1.29. The van der Waals surface area contributed by atoms with Crippen molar-refractivity contribution >= 4 is 21.8 Å². The Hall–Kier alpha value is -2.71. The topological polar surface area (TPSA) is 86.8 Å². The van der Waals surface area contributed by atoms with Crippen LogP contribution in [0.4, 0.5) is 0 Å². The molecule has 2 aliphatic heterocycles. The summed E-state index contributed by atoms with van der Waals surface area (Å²) in [7, 11) is -3.56. The first-order valence-electron chi connectivity index (χ1n) is 10.6. The van der Waals surface area contributed by atoms with Crippen LogP contribution in [-0.2, 0) is 26.2 Å². The molecule has 2 heterocycles. The molecule has 2 aromatic rings. The van der Waals surface area contributed by atoms with E-state index in [9.17, 15) is 18.0 Å². The molecule has 31 heavy (non-hydrogen) atoms. The van der Waals surface area contributed by atoms with Gasteiger partial charge in [-0.2, -0.15) is 0 Å². The molecule has 1 N–H and O–H groups in total. The molecule has 0 aromatic heterocycles. The molecule has 8 heteroatoms. The maximum absolute atomic E-state index is 13.0. The zero-order valence-corrected chi connectivity index (χ0v) is 18.1. The molecule has 0 spiro atoms. The van der Waals surface area contributed by atoms with Gasteiger partial charge in [-0.25, -0.2) is 13.1 Å². The van der Waals surface area contributed by atoms with Crippen LogP contribution >= 0.6 is 0 Å². The fourth-order valence-corrected chi connectivity index (χ4v) is 5.58. The van der Waals surface area contributed by atoms with E-state index >= 15 is 0 Å². The van der Waals surface area contributed by atoms with Gasteiger partial charge in [-0.3, -0.25) is 9.59 Å². The van der Waals surface area contributed by atoms with Crippen molar-refractivity contribution in [1.29, 1.82) is 0 Å². The van der Waals surface area contributed by atoms with E-state index in [0.29, 0.717) is 39.0 Å². The number of sulfonamides is 1. The Morgan fingerprint density at radius 1 is 0.968 bits per heavy atom. The Labute approximate surface area is 183 Å². The van der Waals surface area contributed by atoms with E-state index in [4.69, 9.17) is 0 Å². The van der Waals surface area contributed by atoms with Crippen LogP contribution in [0.3, 0.4) is 0 Å². The number of nitrogens with one attached hydrogen (secondary N) is 1. The highest BCUT2D eigenvalue weighted by atomic mass is 32.2. The lowest BCUT2D eigenvalue weighted by Crippen LogP contribution is -2.48. The lowest BCUT2D eigenvalue weighted by molar-refractivity contribution is -0.136. The number of carbonyl (C=O) groups is 2. The SMILES string of the molecule is O=C1CC(C(=O)N2CCC(NS(=O)(=O)c3ccccc3)CC2)CN1Cc1ccccc1. The van der Waals surface area contributed by atoms with Gasteiger partial charge in [-0.05, 0) is 30.5 Å². The quantitative estimate of drug-likeness (QED) is 0.743. The summed E-state index contributed by atoms with van der Waals surface area (Å²) in [6.07, 6.45) is 1.37. The molecular formula is C23H27N3O4S. The highest BCUT2D eigenvalue weighted by molar-refractivity contribution is 7.89. The van der Waals surface area contributed by atoms with Crippen LogP contribution in [-0.4, -0.2) is 55.7 Å². The molecule has 2 saturated heterocycles. The van der Waals surface area contributed by atoms with Crippen molar-refractivity contribution in [2.24, 2.45) is 5.92 Å². The summed E-state index contributed by atoms with van der Waals surface area (Å²) in [6, 6.07) is 17.9. The van der Waals surface area contributed by atoms with E-state index < -0.39 is 10.0 Å². The number of piperidine rings is 1. The highest BCUT2D eigenvalue weighted by Gasteiger charge is 2.37. The highest BCUT2D eigenvalue weighted by Crippen LogP contribution is 2.24. The van der Waals surface area contributed by atoms with Gasteiger partial charge in [0.2, 0.25) is 21.8 Å². The van der Waals surface area contributed by atoms with Crippen LogP contribution in [0.2, 0.25) is 0 Å². The summed E-state index contributed by atoms with van der Waals surface area (Å²) in [5.41, 5.74) is 1.05. The Morgan fingerprint density at radius 2 is 1.58 bits per heavy atom. The molecule has 2 aromatic carbocycles. The number of likely N-dealkylation sites (tertiary alicyclic amines) is 2. The van der Waals surface area contributed by atoms with Crippen LogP contribution in [0.25, 0.3) is 0 Å². The summed E-state index contributed by atoms with van der Waals surface area (Å²) < 4.78 is 27.8. The molecule has 2 aliphatic rings. The second-order valence-corrected chi connectivity index (χ2v) is 9.91. The van der Waals surface area contributed by atoms with Gasteiger partial charge in [0.15, 0.2) is 0 Å². The number of carbonyl (C=O) groups excluding carboxylic acids is 2. The standard InChI is InChI=1S/C23H27N3O4S/c27-22-15-19(17-26(22)16-18-7-3-1-4-8-18)23(28)25-13-11-20(12-14-25)24-31(29,30)21-9-5-2-6-10-21/h1-10,19-20,24H,11-17H2. The van der Waals surface area contributed by atoms with Crippen LogP contribution in [0.5, 0.6) is 0 Å². The Morgan fingerprint density at radius 3 is 2.23 bits per heavy atom.